The van der Waals surface area contributed by atoms with Crippen LogP contribution in [0.1, 0.15) is 6.42 Å². The van der Waals surface area contributed by atoms with E-state index in [2.05, 4.69) is 4.98 Å². The van der Waals surface area contributed by atoms with Crippen molar-refractivity contribution in [2.24, 2.45) is 0 Å². The van der Waals surface area contributed by atoms with Gasteiger partial charge in [-0.15, -0.1) is 0 Å². The molecule has 0 amide bonds. The van der Waals surface area contributed by atoms with Crippen LogP contribution in [0.25, 0.3) is 0 Å². The average molecular weight is 209 g/mol. The van der Waals surface area contributed by atoms with Gasteiger partial charge in [0.05, 0.1) is 29.8 Å². The summed E-state index contributed by atoms with van der Waals surface area (Å²) < 4.78 is 0. The van der Waals surface area contributed by atoms with Gasteiger partial charge in [-0.1, -0.05) is 0 Å². The molecule has 5 nitrogen and oxygen atoms in total. The molecule has 82 valence electrons. The molecule has 0 aromatic carbocycles. The van der Waals surface area contributed by atoms with Crippen molar-refractivity contribution < 1.29 is 10.2 Å². The van der Waals surface area contributed by atoms with Crippen LogP contribution in [0.4, 0.5) is 11.4 Å². The van der Waals surface area contributed by atoms with E-state index in [0.717, 1.165) is 5.69 Å². The number of hydrogen-bond acceptors (Lipinski definition) is 5. The molecule has 0 saturated carbocycles. The van der Waals surface area contributed by atoms with E-state index in [1.165, 1.54) is 0 Å². The van der Waals surface area contributed by atoms with Crippen molar-refractivity contribution in [3.63, 3.8) is 0 Å². The van der Waals surface area contributed by atoms with E-state index >= 15 is 0 Å². The molecule has 2 atom stereocenters. The number of piperidine rings is 1. The first-order chi connectivity index (χ1) is 7.15. The molecule has 4 N–H and O–H groups in total. The molecular weight excluding hydrogens is 194 g/mol. The Hall–Kier alpha value is -1.33. The lowest BCUT2D eigenvalue weighted by molar-refractivity contribution is 0.0651. The molecule has 1 aliphatic heterocycles. The Bertz CT molecular complexity index is 335. The van der Waals surface area contributed by atoms with Gasteiger partial charge in [-0.3, -0.25) is 4.98 Å². The minimum absolute atomic E-state index is 0.437. The molecule has 1 aliphatic rings. The Kier molecular flexibility index (Phi) is 2.75. The van der Waals surface area contributed by atoms with Gasteiger partial charge in [0.2, 0.25) is 0 Å². The van der Waals surface area contributed by atoms with Crippen LogP contribution in [0.3, 0.4) is 0 Å². The van der Waals surface area contributed by atoms with Crippen molar-refractivity contribution in [1.29, 1.82) is 0 Å². The second kappa shape index (κ2) is 4.04. The van der Waals surface area contributed by atoms with E-state index in [0.29, 0.717) is 25.2 Å². The summed E-state index contributed by atoms with van der Waals surface area (Å²) in [5, 5.41) is 19.1. The molecule has 0 unspecified atom stereocenters. The van der Waals surface area contributed by atoms with Crippen LogP contribution in [-0.4, -0.2) is 40.5 Å². The van der Waals surface area contributed by atoms with Gasteiger partial charge >= 0.3 is 0 Å². The van der Waals surface area contributed by atoms with E-state index in [1.807, 2.05) is 4.90 Å². The van der Waals surface area contributed by atoms with Gasteiger partial charge in [0.1, 0.15) is 0 Å². The Morgan fingerprint density at radius 1 is 1.27 bits per heavy atom. The SMILES string of the molecule is Nc1cncc(N2C[C@@H](O)C[C@H](O)C2)c1. The number of nitrogens with zero attached hydrogens (tertiary/aromatic N) is 2. The molecule has 0 radical (unpaired) electrons. The fourth-order valence-electron chi connectivity index (χ4n) is 1.88. The molecule has 2 heterocycles. The molecule has 5 heteroatoms. The van der Waals surface area contributed by atoms with Crippen molar-refractivity contribution in [2.45, 2.75) is 18.6 Å². The summed E-state index contributed by atoms with van der Waals surface area (Å²) in [4.78, 5) is 5.87. The Morgan fingerprint density at radius 2 is 1.93 bits per heavy atom. The largest absolute Gasteiger partial charge is 0.397 e. The Labute approximate surface area is 88.2 Å². The summed E-state index contributed by atoms with van der Waals surface area (Å²) in [7, 11) is 0. The fourth-order valence-corrected chi connectivity index (χ4v) is 1.88. The monoisotopic (exact) mass is 209 g/mol. The lowest BCUT2D eigenvalue weighted by Crippen LogP contribution is -2.45. The molecule has 0 bridgehead atoms. The van der Waals surface area contributed by atoms with Crippen LogP contribution in [0.15, 0.2) is 18.5 Å². The number of nitrogen functional groups attached to an aromatic ring is 1. The third kappa shape index (κ3) is 2.37. The highest BCUT2D eigenvalue weighted by molar-refractivity contribution is 5.53. The number of aliphatic hydroxyl groups excluding tert-OH is 2. The van der Waals surface area contributed by atoms with E-state index in [9.17, 15) is 10.2 Å². The summed E-state index contributed by atoms with van der Waals surface area (Å²) in [6.07, 6.45) is 2.71. The van der Waals surface area contributed by atoms with E-state index in [-0.39, 0.29) is 0 Å². The summed E-state index contributed by atoms with van der Waals surface area (Å²) in [6, 6.07) is 1.79. The average Bonchev–Trinajstić information content (AvgIpc) is 2.16. The maximum Gasteiger partial charge on any atom is 0.0740 e. The number of anilines is 2. The third-order valence-electron chi connectivity index (χ3n) is 2.52. The third-order valence-corrected chi connectivity index (χ3v) is 2.52. The molecule has 0 spiro atoms. The molecule has 1 aromatic rings. The molecule has 1 aromatic heterocycles. The molecule has 15 heavy (non-hydrogen) atoms. The van der Waals surface area contributed by atoms with Crippen LogP contribution in [0.5, 0.6) is 0 Å². The predicted molar refractivity (Wildman–Crippen MR) is 57.5 cm³/mol. The van der Waals surface area contributed by atoms with E-state index in [1.54, 1.807) is 18.5 Å². The number of β-amino-alcohol motifs (C(OH)–C–C–N with tert-alkyl or cyclic N) is 2. The van der Waals surface area contributed by atoms with Crippen LogP contribution < -0.4 is 10.6 Å². The molecule has 0 aliphatic carbocycles. The highest BCUT2D eigenvalue weighted by atomic mass is 16.3. The zero-order chi connectivity index (χ0) is 10.8. The lowest BCUT2D eigenvalue weighted by atomic mass is 10.1. The van der Waals surface area contributed by atoms with Gasteiger partial charge in [0, 0.05) is 25.7 Å². The summed E-state index contributed by atoms with van der Waals surface area (Å²) >= 11 is 0. The number of nitrogens with two attached hydrogens (primary N) is 1. The van der Waals surface area contributed by atoms with Crippen LogP contribution in [-0.2, 0) is 0 Å². The maximum absolute atomic E-state index is 9.53. The normalized spacial score (nSPS) is 26.7. The summed E-state index contributed by atoms with van der Waals surface area (Å²) in [5.41, 5.74) is 7.05. The fraction of sp³-hybridized carbons (Fsp3) is 0.500. The number of hydrogen-bond donors (Lipinski definition) is 3. The van der Waals surface area contributed by atoms with E-state index in [4.69, 9.17) is 5.73 Å². The maximum atomic E-state index is 9.53. The molecular formula is C10H15N3O2. The van der Waals surface area contributed by atoms with Gasteiger partial charge < -0.3 is 20.8 Å². The smallest absolute Gasteiger partial charge is 0.0740 e. The van der Waals surface area contributed by atoms with Crippen molar-refractivity contribution in [2.75, 3.05) is 23.7 Å². The van der Waals surface area contributed by atoms with Crippen LogP contribution in [0.2, 0.25) is 0 Å². The van der Waals surface area contributed by atoms with Crippen molar-refractivity contribution in [3.8, 4) is 0 Å². The Morgan fingerprint density at radius 3 is 2.53 bits per heavy atom. The predicted octanol–water partition coefficient (Wildman–Crippen LogP) is -0.404. The minimum Gasteiger partial charge on any atom is -0.397 e. The number of pyridine rings is 1. The minimum atomic E-state index is -0.491. The van der Waals surface area contributed by atoms with Gasteiger partial charge in [-0.05, 0) is 6.07 Å². The van der Waals surface area contributed by atoms with Gasteiger partial charge in [-0.2, -0.15) is 0 Å². The highest BCUT2D eigenvalue weighted by Gasteiger charge is 2.24. The Balaban J connectivity index is 2.16. The second-order valence-corrected chi connectivity index (χ2v) is 3.92. The zero-order valence-electron chi connectivity index (χ0n) is 8.37. The van der Waals surface area contributed by atoms with Crippen LogP contribution >= 0.6 is 0 Å². The van der Waals surface area contributed by atoms with Gasteiger partial charge in [-0.25, -0.2) is 0 Å². The van der Waals surface area contributed by atoms with E-state index < -0.39 is 12.2 Å². The molecule has 1 fully saturated rings. The zero-order valence-corrected chi connectivity index (χ0v) is 8.37. The van der Waals surface area contributed by atoms with Crippen molar-refractivity contribution in [1.82, 2.24) is 4.98 Å². The quantitative estimate of drug-likeness (QED) is 0.586. The number of rotatable bonds is 1. The summed E-state index contributed by atoms with van der Waals surface area (Å²) in [5.74, 6) is 0. The summed E-state index contributed by atoms with van der Waals surface area (Å²) in [6.45, 7) is 1.03. The second-order valence-electron chi connectivity index (χ2n) is 3.92. The number of aliphatic hydroxyl groups is 2. The topological polar surface area (TPSA) is 82.6 Å². The first kappa shape index (κ1) is 10.2. The van der Waals surface area contributed by atoms with Crippen LogP contribution in [0, 0.1) is 0 Å². The van der Waals surface area contributed by atoms with Gasteiger partial charge in [0.15, 0.2) is 0 Å². The molecule has 1 saturated heterocycles. The van der Waals surface area contributed by atoms with Crippen molar-refractivity contribution in [3.05, 3.63) is 18.5 Å². The standard InChI is InChI=1S/C10H15N3O2/c11-7-1-8(4-12-3-7)13-5-9(14)2-10(15)6-13/h1,3-4,9-10,14-15H,2,5-6,11H2/t9-,10-/m0/s1. The first-order valence-corrected chi connectivity index (χ1v) is 4.97. The highest BCUT2D eigenvalue weighted by Crippen LogP contribution is 2.20. The van der Waals surface area contributed by atoms with Gasteiger partial charge in [0.25, 0.3) is 0 Å². The van der Waals surface area contributed by atoms with Crippen molar-refractivity contribution >= 4 is 11.4 Å². The molecule has 2 rings (SSSR count). The number of aromatic nitrogens is 1. The lowest BCUT2D eigenvalue weighted by Gasteiger charge is -2.34. The first-order valence-electron chi connectivity index (χ1n) is 4.97.